The van der Waals surface area contributed by atoms with Crippen LogP contribution in [0.3, 0.4) is 0 Å². The lowest BCUT2D eigenvalue weighted by Crippen LogP contribution is -2.30. The van der Waals surface area contributed by atoms with Crippen LogP contribution in [0.25, 0.3) is 0 Å². The fourth-order valence-electron chi connectivity index (χ4n) is 1.11. The molecular weight excluding hydrogens is 408 g/mol. The Morgan fingerprint density at radius 2 is 1.14 bits per heavy atom. The van der Waals surface area contributed by atoms with Crippen molar-refractivity contribution >= 4 is 12.3 Å². The van der Waals surface area contributed by atoms with E-state index in [1.54, 1.807) is 0 Å². The van der Waals surface area contributed by atoms with Crippen LogP contribution in [0.4, 0.5) is 27.2 Å². The molecule has 0 aliphatic heterocycles. The van der Waals surface area contributed by atoms with E-state index in [0.29, 0.717) is 0 Å². The van der Waals surface area contributed by atoms with Crippen molar-refractivity contribution in [3.63, 3.8) is 0 Å². The summed E-state index contributed by atoms with van der Waals surface area (Å²) in [7, 11) is 2.28. The second-order valence-corrected chi connectivity index (χ2v) is 6.25. The van der Waals surface area contributed by atoms with E-state index >= 15 is 0 Å². The number of carbonyl (C=O) groups is 2. The van der Waals surface area contributed by atoms with Crippen LogP contribution in [0, 0.1) is 11.8 Å². The normalized spacial score (nSPS) is 11.6. The average Bonchev–Trinajstić information content (AvgIpc) is 2.64. The van der Waals surface area contributed by atoms with E-state index in [4.69, 9.17) is 0 Å². The van der Waals surface area contributed by atoms with Gasteiger partial charge in [-0.15, -0.1) is 0 Å². The third kappa shape index (κ3) is 15.7. The van der Waals surface area contributed by atoms with Crippen molar-refractivity contribution < 1.29 is 55.6 Å². The minimum atomic E-state index is -2.92. The molecule has 0 fully saturated rings. The molecule has 0 saturated carbocycles. The van der Waals surface area contributed by atoms with Gasteiger partial charge in [0.05, 0.1) is 20.8 Å². The maximum absolute atomic E-state index is 12.9. The first-order chi connectivity index (χ1) is 13.3. The van der Waals surface area contributed by atoms with Gasteiger partial charge in [0.25, 0.3) is 11.8 Å². The second-order valence-electron chi connectivity index (χ2n) is 6.25. The Bertz CT molecular complexity index is 459. The van der Waals surface area contributed by atoms with Gasteiger partial charge in [-0.1, -0.05) is 27.7 Å². The molecule has 0 saturated heterocycles. The minimum absolute atomic E-state index is 0.0720. The Labute approximate surface area is 167 Å². The van der Waals surface area contributed by atoms with E-state index in [1.165, 1.54) is 27.7 Å². The largest absolute Gasteiger partial charge is 0.510 e. The Morgan fingerprint density at radius 3 is 1.55 bits per heavy atom. The van der Waals surface area contributed by atoms with Gasteiger partial charge in [0.2, 0.25) is 0 Å². The molecule has 0 aliphatic rings. The van der Waals surface area contributed by atoms with E-state index in [-0.39, 0.29) is 13.2 Å². The highest BCUT2D eigenvalue weighted by molar-refractivity contribution is 5.59. The molecular formula is C17H30F4O8. The molecule has 0 radical (unpaired) electrons. The number of hydrogen-bond donors (Lipinski definition) is 0. The summed E-state index contributed by atoms with van der Waals surface area (Å²) in [6.45, 7) is 3.43. The predicted octanol–water partition coefficient (Wildman–Crippen LogP) is 4.11. The molecule has 0 aliphatic carbocycles. The Morgan fingerprint density at radius 1 is 0.724 bits per heavy atom. The maximum atomic E-state index is 12.9. The van der Waals surface area contributed by atoms with Gasteiger partial charge in [0.1, 0.15) is 19.8 Å². The molecule has 0 atom stereocenters. The molecule has 0 rings (SSSR count). The monoisotopic (exact) mass is 438 g/mol. The second kappa shape index (κ2) is 15.1. The maximum Gasteiger partial charge on any atom is 0.510 e. The molecule has 12 heteroatoms. The first kappa shape index (κ1) is 29.4. The predicted molar refractivity (Wildman–Crippen MR) is 93.1 cm³/mol. The van der Waals surface area contributed by atoms with Gasteiger partial charge in [-0.2, -0.15) is 0 Å². The molecule has 0 aromatic heterocycles. The SMILES string of the molecule is COC(=O)OCCOCC(F)(F)C(C)C.COC(=O)OCOCC(F)(F)C(C)C. The van der Waals surface area contributed by atoms with E-state index < -0.39 is 56.0 Å². The van der Waals surface area contributed by atoms with Crippen LogP contribution in [0.5, 0.6) is 0 Å². The highest BCUT2D eigenvalue weighted by Crippen LogP contribution is 2.24. The van der Waals surface area contributed by atoms with Crippen molar-refractivity contribution in [2.75, 3.05) is 47.4 Å². The van der Waals surface area contributed by atoms with Crippen LogP contribution < -0.4 is 0 Å². The number of halogens is 4. The molecule has 29 heavy (non-hydrogen) atoms. The van der Waals surface area contributed by atoms with E-state index in [1.807, 2.05) is 0 Å². The van der Waals surface area contributed by atoms with Crippen LogP contribution in [0.15, 0.2) is 0 Å². The standard InChI is InChI=1S/C9H16F2O4.C8H14F2O4/c1-7(2)9(10,11)6-14-4-5-15-8(12)13-3;1-6(2)8(9,10)4-13-5-14-7(11)12-3/h7H,4-6H2,1-3H3;6H,4-5H2,1-3H3. The lowest BCUT2D eigenvalue weighted by Gasteiger charge is -2.19. The first-order valence-electron chi connectivity index (χ1n) is 8.62. The van der Waals surface area contributed by atoms with Crippen molar-refractivity contribution in [2.24, 2.45) is 11.8 Å². The average molecular weight is 438 g/mol. The van der Waals surface area contributed by atoms with Crippen molar-refractivity contribution in [1.29, 1.82) is 0 Å². The van der Waals surface area contributed by atoms with Gasteiger partial charge in [-0.25, -0.2) is 27.2 Å². The van der Waals surface area contributed by atoms with Gasteiger partial charge in [-0.3, -0.25) is 0 Å². The smallest absolute Gasteiger partial charge is 0.438 e. The molecule has 0 heterocycles. The summed E-state index contributed by atoms with van der Waals surface area (Å²) in [6, 6.07) is 0. The summed E-state index contributed by atoms with van der Waals surface area (Å²) in [5, 5.41) is 0. The van der Waals surface area contributed by atoms with E-state index in [9.17, 15) is 27.2 Å². The Hall–Kier alpha value is -1.82. The number of carbonyl (C=O) groups excluding carboxylic acids is 2. The Kier molecular flexibility index (Phi) is 15.3. The van der Waals surface area contributed by atoms with Gasteiger partial charge >= 0.3 is 12.3 Å². The molecule has 0 aromatic rings. The lowest BCUT2D eigenvalue weighted by atomic mass is 10.1. The summed E-state index contributed by atoms with van der Waals surface area (Å²) in [6.07, 6.45) is -1.81. The lowest BCUT2D eigenvalue weighted by molar-refractivity contribution is -0.140. The number of hydrogen-bond acceptors (Lipinski definition) is 8. The van der Waals surface area contributed by atoms with E-state index in [2.05, 4.69) is 28.4 Å². The zero-order valence-corrected chi connectivity index (χ0v) is 17.5. The summed E-state index contributed by atoms with van der Waals surface area (Å²) in [4.78, 5) is 20.8. The quantitative estimate of drug-likeness (QED) is 0.206. The van der Waals surface area contributed by atoms with Crippen molar-refractivity contribution in [3.05, 3.63) is 0 Å². The molecule has 8 nitrogen and oxygen atoms in total. The molecule has 174 valence electrons. The summed E-state index contributed by atoms with van der Waals surface area (Å²) in [5.41, 5.74) is 0. The van der Waals surface area contributed by atoms with Crippen LogP contribution in [0.1, 0.15) is 27.7 Å². The number of methoxy groups -OCH3 is 2. The van der Waals surface area contributed by atoms with Gasteiger partial charge in [-0.05, 0) is 0 Å². The highest BCUT2D eigenvalue weighted by atomic mass is 19.3. The number of alkyl halides is 4. The molecule has 0 aromatic carbocycles. The van der Waals surface area contributed by atoms with Gasteiger partial charge in [0.15, 0.2) is 6.79 Å². The van der Waals surface area contributed by atoms with Crippen molar-refractivity contribution in [2.45, 2.75) is 39.5 Å². The van der Waals surface area contributed by atoms with Crippen molar-refractivity contribution in [1.82, 2.24) is 0 Å². The molecule has 0 spiro atoms. The third-order valence-electron chi connectivity index (χ3n) is 3.32. The number of ether oxygens (including phenoxy) is 6. The first-order valence-corrected chi connectivity index (χ1v) is 8.62. The topological polar surface area (TPSA) is 89.5 Å². The summed E-state index contributed by atoms with van der Waals surface area (Å²) in [5.74, 6) is -7.37. The zero-order valence-electron chi connectivity index (χ0n) is 17.5. The number of rotatable bonds is 11. The van der Waals surface area contributed by atoms with E-state index in [0.717, 1.165) is 14.2 Å². The van der Waals surface area contributed by atoms with Gasteiger partial charge in [0, 0.05) is 11.8 Å². The van der Waals surface area contributed by atoms with Crippen molar-refractivity contribution in [3.8, 4) is 0 Å². The van der Waals surface area contributed by atoms with Crippen LogP contribution in [-0.2, 0) is 28.4 Å². The molecule has 0 N–H and O–H groups in total. The zero-order chi connectivity index (χ0) is 23.1. The fourth-order valence-corrected chi connectivity index (χ4v) is 1.11. The summed E-state index contributed by atoms with van der Waals surface area (Å²) < 4.78 is 77.7. The van der Waals surface area contributed by atoms with Crippen LogP contribution >= 0.6 is 0 Å². The fraction of sp³-hybridized carbons (Fsp3) is 0.882. The third-order valence-corrected chi connectivity index (χ3v) is 3.32. The molecule has 0 amide bonds. The molecule has 0 unspecified atom stereocenters. The molecule has 0 bridgehead atoms. The Balaban J connectivity index is 0. The van der Waals surface area contributed by atoms with Crippen LogP contribution in [0.2, 0.25) is 0 Å². The minimum Gasteiger partial charge on any atom is -0.438 e. The summed E-state index contributed by atoms with van der Waals surface area (Å²) >= 11 is 0. The van der Waals surface area contributed by atoms with Crippen LogP contribution in [-0.4, -0.2) is 71.6 Å². The van der Waals surface area contributed by atoms with Gasteiger partial charge < -0.3 is 28.4 Å². The highest BCUT2D eigenvalue weighted by Gasteiger charge is 2.34.